The van der Waals surface area contributed by atoms with E-state index in [2.05, 4.69) is 40.2 Å². The molecule has 2 saturated heterocycles. The summed E-state index contributed by atoms with van der Waals surface area (Å²) >= 11 is 1.68. The Balaban J connectivity index is 1.43. The van der Waals surface area contributed by atoms with Crippen LogP contribution < -0.4 is 0 Å². The molecule has 1 aromatic carbocycles. The molecule has 0 N–H and O–H groups in total. The van der Waals surface area contributed by atoms with Gasteiger partial charge in [-0.1, -0.05) is 30.3 Å². The zero-order chi connectivity index (χ0) is 16.9. The molecule has 2 aliphatic rings. The molecule has 1 atom stereocenters. The summed E-state index contributed by atoms with van der Waals surface area (Å²) in [6.45, 7) is 4.95. The molecule has 2 aromatic rings. The van der Waals surface area contributed by atoms with Gasteiger partial charge in [-0.15, -0.1) is 11.3 Å². The molecule has 0 unspecified atom stereocenters. The first-order valence-corrected chi connectivity index (χ1v) is 9.74. The van der Waals surface area contributed by atoms with E-state index in [0.717, 1.165) is 37.7 Å². The summed E-state index contributed by atoms with van der Waals surface area (Å²) in [6, 6.07) is 10.6. The molecule has 0 amide bonds. The van der Waals surface area contributed by atoms with Crippen LogP contribution in [0.25, 0.3) is 0 Å². The van der Waals surface area contributed by atoms with Crippen LogP contribution in [0.1, 0.15) is 34.6 Å². The van der Waals surface area contributed by atoms with Crippen molar-refractivity contribution < 1.29 is 14.2 Å². The molecular formula is C19H24N2O3S. The maximum absolute atomic E-state index is 5.85. The highest BCUT2D eigenvalue weighted by Gasteiger charge is 2.23. The van der Waals surface area contributed by atoms with Crippen molar-refractivity contribution in [3.05, 3.63) is 52.0 Å². The average molecular weight is 360 g/mol. The van der Waals surface area contributed by atoms with E-state index in [9.17, 15) is 0 Å². The number of nitrogens with zero attached hydrogens (tertiary/aromatic N) is 2. The molecule has 0 radical (unpaired) electrons. The van der Waals surface area contributed by atoms with E-state index in [4.69, 9.17) is 14.2 Å². The highest BCUT2D eigenvalue weighted by Crippen LogP contribution is 2.28. The first kappa shape index (κ1) is 17.1. The van der Waals surface area contributed by atoms with Crippen molar-refractivity contribution in [2.75, 3.05) is 26.4 Å². The maximum atomic E-state index is 5.85. The molecular weight excluding hydrogens is 336 g/mol. The van der Waals surface area contributed by atoms with Gasteiger partial charge in [-0.3, -0.25) is 4.90 Å². The van der Waals surface area contributed by atoms with E-state index in [1.807, 2.05) is 6.20 Å². The quantitative estimate of drug-likeness (QED) is 0.757. The second kappa shape index (κ2) is 8.38. The van der Waals surface area contributed by atoms with Gasteiger partial charge in [-0.2, -0.15) is 0 Å². The Hall–Kier alpha value is -1.31. The Morgan fingerprint density at radius 2 is 1.88 bits per heavy atom. The van der Waals surface area contributed by atoms with Gasteiger partial charge in [0.1, 0.15) is 5.01 Å². The standard InChI is InChI=1S/C19H24N2O3S/c1-2-5-15(6-3-1)12-21(13-16-7-4-8-22-16)14-17-11-20-18(25-17)19-23-9-10-24-19/h1-3,5-6,11,16,19H,4,7-10,12-14H2/t16-/m1/s1. The molecule has 4 rings (SSSR count). The van der Waals surface area contributed by atoms with E-state index >= 15 is 0 Å². The van der Waals surface area contributed by atoms with Gasteiger partial charge in [0.15, 0.2) is 0 Å². The van der Waals surface area contributed by atoms with Crippen molar-refractivity contribution in [1.82, 2.24) is 9.88 Å². The van der Waals surface area contributed by atoms with Gasteiger partial charge in [-0.25, -0.2) is 4.98 Å². The molecule has 6 heteroatoms. The van der Waals surface area contributed by atoms with E-state index < -0.39 is 0 Å². The largest absolute Gasteiger partial charge is 0.377 e. The zero-order valence-electron chi connectivity index (χ0n) is 14.3. The summed E-state index contributed by atoms with van der Waals surface area (Å²) in [5, 5.41) is 0.921. The van der Waals surface area contributed by atoms with Gasteiger partial charge in [0.2, 0.25) is 6.29 Å². The fourth-order valence-corrected chi connectivity index (χ4v) is 4.29. The van der Waals surface area contributed by atoms with Crippen molar-refractivity contribution in [3.63, 3.8) is 0 Å². The highest BCUT2D eigenvalue weighted by atomic mass is 32.1. The molecule has 134 valence electrons. The topological polar surface area (TPSA) is 43.8 Å². The predicted molar refractivity (Wildman–Crippen MR) is 96.3 cm³/mol. The predicted octanol–water partition coefficient (Wildman–Crippen LogP) is 3.37. The number of aromatic nitrogens is 1. The van der Waals surface area contributed by atoms with Crippen LogP contribution in [0.2, 0.25) is 0 Å². The molecule has 0 aliphatic carbocycles. The van der Waals surface area contributed by atoms with Crippen LogP contribution in [0.4, 0.5) is 0 Å². The Morgan fingerprint density at radius 1 is 1.04 bits per heavy atom. The van der Waals surface area contributed by atoms with E-state index in [-0.39, 0.29) is 6.29 Å². The lowest BCUT2D eigenvalue weighted by Gasteiger charge is -2.24. The van der Waals surface area contributed by atoms with E-state index in [0.29, 0.717) is 19.3 Å². The number of hydrogen-bond acceptors (Lipinski definition) is 6. The van der Waals surface area contributed by atoms with Gasteiger partial charge < -0.3 is 14.2 Å². The van der Waals surface area contributed by atoms with Crippen LogP contribution in [0.3, 0.4) is 0 Å². The van der Waals surface area contributed by atoms with Gasteiger partial charge in [0.05, 0.1) is 19.3 Å². The molecule has 3 heterocycles. The lowest BCUT2D eigenvalue weighted by Crippen LogP contribution is -2.31. The van der Waals surface area contributed by atoms with Crippen LogP contribution in [0.5, 0.6) is 0 Å². The van der Waals surface area contributed by atoms with Crippen LogP contribution in [0, 0.1) is 0 Å². The average Bonchev–Trinajstić information content (AvgIpc) is 3.38. The first-order chi connectivity index (χ1) is 12.4. The number of benzene rings is 1. The van der Waals surface area contributed by atoms with Crippen molar-refractivity contribution in [2.45, 2.75) is 38.3 Å². The van der Waals surface area contributed by atoms with Crippen LogP contribution in [-0.4, -0.2) is 42.4 Å². The third-order valence-electron chi connectivity index (χ3n) is 4.51. The lowest BCUT2D eigenvalue weighted by molar-refractivity contribution is -0.0442. The molecule has 0 saturated carbocycles. The van der Waals surface area contributed by atoms with E-state index in [1.165, 1.54) is 16.9 Å². The lowest BCUT2D eigenvalue weighted by atomic mass is 10.2. The summed E-state index contributed by atoms with van der Waals surface area (Å²) in [5.41, 5.74) is 1.33. The van der Waals surface area contributed by atoms with Gasteiger partial charge in [0.25, 0.3) is 0 Å². The number of thiazole rings is 1. The zero-order valence-corrected chi connectivity index (χ0v) is 15.1. The van der Waals surface area contributed by atoms with Crippen molar-refractivity contribution in [3.8, 4) is 0 Å². The summed E-state index contributed by atoms with van der Waals surface area (Å²) in [4.78, 5) is 8.20. The molecule has 0 spiro atoms. The maximum Gasteiger partial charge on any atom is 0.211 e. The molecule has 2 fully saturated rings. The van der Waals surface area contributed by atoms with Gasteiger partial charge >= 0.3 is 0 Å². The third kappa shape index (κ3) is 4.65. The molecule has 0 bridgehead atoms. The molecule has 25 heavy (non-hydrogen) atoms. The first-order valence-electron chi connectivity index (χ1n) is 8.92. The summed E-state index contributed by atoms with van der Waals surface area (Å²) in [6.07, 6.45) is 4.35. The number of ether oxygens (including phenoxy) is 3. The minimum Gasteiger partial charge on any atom is -0.377 e. The fraction of sp³-hybridized carbons (Fsp3) is 0.526. The third-order valence-corrected chi connectivity index (χ3v) is 5.51. The second-order valence-corrected chi connectivity index (χ2v) is 7.68. The number of rotatable bonds is 7. The minimum atomic E-state index is -0.278. The van der Waals surface area contributed by atoms with Crippen molar-refractivity contribution >= 4 is 11.3 Å². The Labute approximate surface area is 152 Å². The Bertz CT molecular complexity index is 652. The summed E-state index contributed by atoms with van der Waals surface area (Å²) < 4.78 is 17.0. The minimum absolute atomic E-state index is 0.278. The molecule has 1 aromatic heterocycles. The van der Waals surface area contributed by atoms with Gasteiger partial charge in [-0.05, 0) is 18.4 Å². The SMILES string of the molecule is c1ccc(CN(Cc2cnc(C3OCCO3)s2)C[C@H]2CCCO2)cc1. The van der Waals surface area contributed by atoms with Crippen LogP contribution in [0.15, 0.2) is 36.5 Å². The molecule has 5 nitrogen and oxygen atoms in total. The highest BCUT2D eigenvalue weighted by molar-refractivity contribution is 7.11. The summed E-state index contributed by atoms with van der Waals surface area (Å²) in [7, 11) is 0. The van der Waals surface area contributed by atoms with E-state index in [1.54, 1.807) is 11.3 Å². The normalized spacial score (nSPS) is 21.4. The monoisotopic (exact) mass is 360 g/mol. The van der Waals surface area contributed by atoms with Crippen LogP contribution >= 0.6 is 11.3 Å². The number of hydrogen-bond donors (Lipinski definition) is 0. The smallest absolute Gasteiger partial charge is 0.211 e. The Kier molecular flexibility index (Phi) is 5.74. The summed E-state index contributed by atoms with van der Waals surface area (Å²) in [5.74, 6) is 0. The van der Waals surface area contributed by atoms with Crippen molar-refractivity contribution in [1.29, 1.82) is 0 Å². The van der Waals surface area contributed by atoms with Gasteiger partial charge in [0, 0.05) is 37.3 Å². The second-order valence-electron chi connectivity index (χ2n) is 6.53. The fourth-order valence-electron chi connectivity index (χ4n) is 3.33. The van der Waals surface area contributed by atoms with Crippen LogP contribution in [-0.2, 0) is 27.3 Å². The molecule has 2 aliphatic heterocycles. The van der Waals surface area contributed by atoms with Crippen molar-refractivity contribution in [2.24, 2.45) is 0 Å². The Morgan fingerprint density at radius 3 is 2.64 bits per heavy atom.